The van der Waals surface area contributed by atoms with Gasteiger partial charge in [-0.3, -0.25) is 4.68 Å². The van der Waals surface area contributed by atoms with Crippen LogP contribution < -0.4 is 5.32 Å². The Morgan fingerprint density at radius 3 is 2.42 bits per heavy atom. The van der Waals surface area contributed by atoms with Gasteiger partial charge in [-0.15, -0.1) is 0 Å². The molecule has 0 bridgehead atoms. The van der Waals surface area contributed by atoms with Crippen molar-refractivity contribution in [3.63, 3.8) is 0 Å². The minimum atomic E-state index is 0.407. The van der Waals surface area contributed by atoms with E-state index in [1.165, 1.54) is 16.8 Å². The van der Waals surface area contributed by atoms with E-state index < -0.39 is 0 Å². The highest BCUT2D eigenvalue weighted by Crippen LogP contribution is 2.25. The lowest BCUT2D eigenvalue weighted by Gasteiger charge is -2.12. The van der Waals surface area contributed by atoms with Crippen LogP contribution in [0.5, 0.6) is 0 Å². The Hall–Kier alpha value is -1.29. The molecule has 0 saturated carbocycles. The summed E-state index contributed by atoms with van der Waals surface area (Å²) in [6, 6.07) is 6.73. The Balaban J connectivity index is 2.10. The molecule has 2 rings (SSSR count). The van der Waals surface area contributed by atoms with Crippen molar-refractivity contribution in [2.75, 3.05) is 5.32 Å². The number of rotatable bonds is 4. The number of hydrogen-bond donors (Lipinski definition) is 1. The number of nitrogens with one attached hydrogen (secondary N) is 1. The number of aryl methyl sites for hydroxylation is 2. The summed E-state index contributed by atoms with van der Waals surface area (Å²) in [7, 11) is 0. The van der Waals surface area contributed by atoms with Crippen molar-refractivity contribution in [1.82, 2.24) is 9.78 Å². The van der Waals surface area contributed by atoms with Gasteiger partial charge in [-0.05, 0) is 57.0 Å². The van der Waals surface area contributed by atoms with Crippen molar-refractivity contribution in [3.05, 3.63) is 45.7 Å². The largest absolute Gasteiger partial charge is 0.379 e. The average molecular weight is 322 g/mol. The van der Waals surface area contributed by atoms with Gasteiger partial charge in [0.05, 0.1) is 12.2 Å². The minimum Gasteiger partial charge on any atom is -0.379 e. The van der Waals surface area contributed by atoms with E-state index in [0.717, 1.165) is 16.7 Å². The molecule has 1 N–H and O–H groups in total. The molecule has 0 atom stereocenters. The van der Waals surface area contributed by atoms with Crippen molar-refractivity contribution in [2.24, 2.45) is 0 Å². The van der Waals surface area contributed by atoms with Gasteiger partial charge in [0, 0.05) is 22.4 Å². The summed E-state index contributed by atoms with van der Waals surface area (Å²) in [5.41, 5.74) is 4.75. The van der Waals surface area contributed by atoms with E-state index >= 15 is 0 Å². The molecule has 3 nitrogen and oxygen atoms in total. The Kier molecular flexibility index (Phi) is 4.30. The molecule has 1 aromatic heterocycles. The van der Waals surface area contributed by atoms with Gasteiger partial charge in [0.2, 0.25) is 0 Å². The van der Waals surface area contributed by atoms with Gasteiger partial charge in [-0.1, -0.05) is 15.9 Å². The zero-order chi connectivity index (χ0) is 14.0. The maximum absolute atomic E-state index is 4.55. The molecule has 0 fully saturated rings. The molecule has 4 heteroatoms. The number of hydrogen-bond acceptors (Lipinski definition) is 2. The maximum atomic E-state index is 4.55. The molecule has 1 aromatic carbocycles. The van der Waals surface area contributed by atoms with Gasteiger partial charge in [0.25, 0.3) is 0 Å². The van der Waals surface area contributed by atoms with Crippen molar-refractivity contribution in [1.29, 1.82) is 0 Å². The van der Waals surface area contributed by atoms with Gasteiger partial charge >= 0.3 is 0 Å². The van der Waals surface area contributed by atoms with Crippen LogP contribution in [0.15, 0.2) is 28.9 Å². The smallest absolute Gasteiger partial charge is 0.0815 e. The summed E-state index contributed by atoms with van der Waals surface area (Å²) >= 11 is 3.52. The molecule has 0 aliphatic rings. The second-order valence-electron chi connectivity index (χ2n) is 5.15. The van der Waals surface area contributed by atoms with Crippen LogP contribution in [0.4, 0.5) is 5.69 Å². The summed E-state index contributed by atoms with van der Waals surface area (Å²) in [4.78, 5) is 0. The van der Waals surface area contributed by atoms with E-state index in [1.807, 2.05) is 10.9 Å². The van der Waals surface area contributed by atoms with Crippen LogP contribution in [-0.2, 0) is 6.54 Å². The molecule has 1 heterocycles. The quantitative estimate of drug-likeness (QED) is 0.901. The third-order valence-corrected chi connectivity index (χ3v) is 3.59. The van der Waals surface area contributed by atoms with Crippen molar-refractivity contribution in [2.45, 2.75) is 40.3 Å². The molecule has 0 saturated heterocycles. The van der Waals surface area contributed by atoms with Gasteiger partial charge < -0.3 is 5.32 Å². The molecular weight excluding hydrogens is 302 g/mol. The maximum Gasteiger partial charge on any atom is 0.0815 e. The molecule has 0 aliphatic carbocycles. The number of benzene rings is 1. The lowest BCUT2D eigenvalue weighted by atomic mass is 10.1. The number of halogens is 1. The van der Waals surface area contributed by atoms with Crippen LogP contribution in [0.3, 0.4) is 0 Å². The highest BCUT2D eigenvalue weighted by Gasteiger charge is 2.06. The summed E-state index contributed by atoms with van der Waals surface area (Å²) in [6.07, 6.45) is 2.03. The number of anilines is 1. The fraction of sp³-hybridized carbons (Fsp3) is 0.400. The van der Waals surface area contributed by atoms with Crippen LogP contribution in [-0.4, -0.2) is 9.78 Å². The van der Waals surface area contributed by atoms with E-state index in [9.17, 15) is 0 Å². The predicted octanol–water partition coefficient (Wildman–Crippen LogP) is 4.46. The van der Waals surface area contributed by atoms with Crippen molar-refractivity contribution >= 4 is 21.6 Å². The second-order valence-corrected chi connectivity index (χ2v) is 6.06. The Labute approximate surface area is 123 Å². The Bertz CT molecular complexity index is 550. The summed E-state index contributed by atoms with van der Waals surface area (Å²) in [5.74, 6) is 0. The first-order valence-corrected chi connectivity index (χ1v) is 7.31. The highest BCUT2D eigenvalue weighted by atomic mass is 79.9. The van der Waals surface area contributed by atoms with E-state index in [2.05, 4.69) is 72.2 Å². The summed E-state index contributed by atoms with van der Waals surface area (Å²) in [6.45, 7) is 9.25. The zero-order valence-electron chi connectivity index (χ0n) is 11.9. The fourth-order valence-electron chi connectivity index (χ4n) is 2.13. The predicted molar refractivity (Wildman–Crippen MR) is 83.6 cm³/mol. The fourth-order valence-corrected chi connectivity index (χ4v) is 2.81. The number of aromatic nitrogens is 2. The molecule has 0 spiro atoms. The molecule has 19 heavy (non-hydrogen) atoms. The SMILES string of the molecule is Cc1cc(Br)cc(C)c1NCc1ccn(C(C)C)n1. The summed E-state index contributed by atoms with van der Waals surface area (Å²) < 4.78 is 3.11. The minimum absolute atomic E-state index is 0.407. The average Bonchev–Trinajstić information content (AvgIpc) is 2.76. The molecule has 0 unspecified atom stereocenters. The van der Waals surface area contributed by atoms with Gasteiger partial charge in [-0.25, -0.2) is 0 Å². The van der Waals surface area contributed by atoms with E-state index in [4.69, 9.17) is 0 Å². The third kappa shape index (κ3) is 3.38. The number of nitrogens with zero attached hydrogens (tertiary/aromatic N) is 2. The third-order valence-electron chi connectivity index (χ3n) is 3.14. The second kappa shape index (κ2) is 5.78. The van der Waals surface area contributed by atoms with E-state index in [-0.39, 0.29) is 0 Å². The van der Waals surface area contributed by atoms with Gasteiger partial charge in [0.15, 0.2) is 0 Å². The van der Waals surface area contributed by atoms with Gasteiger partial charge in [-0.2, -0.15) is 5.10 Å². The van der Waals surface area contributed by atoms with Crippen LogP contribution >= 0.6 is 15.9 Å². The van der Waals surface area contributed by atoms with Crippen LogP contribution in [0.2, 0.25) is 0 Å². The standard InChI is InChI=1S/C15H20BrN3/c1-10(2)19-6-5-14(18-19)9-17-15-11(3)7-13(16)8-12(15)4/h5-8,10,17H,9H2,1-4H3. The lowest BCUT2D eigenvalue weighted by molar-refractivity contribution is 0.527. The van der Waals surface area contributed by atoms with Crippen LogP contribution in [0.1, 0.15) is 36.7 Å². The normalized spacial score (nSPS) is 11.1. The van der Waals surface area contributed by atoms with E-state index in [1.54, 1.807) is 0 Å². The highest BCUT2D eigenvalue weighted by molar-refractivity contribution is 9.10. The first-order valence-electron chi connectivity index (χ1n) is 6.52. The topological polar surface area (TPSA) is 29.9 Å². The van der Waals surface area contributed by atoms with Crippen LogP contribution in [0.25, 0.3) is 0 Å². The lowest BCUT2D eigenvalue weighted by Crippen LogP contribution is -2.06. The van der Waals surface area contributed by atoms with Crippen molar-refractivity contribution < 1.29 is 0 Å². The first kappa shape index (κ1) is 14.1. The zero-order valence-corrected chi connectivity index (χ0v) is 13.5. The van der Waals surface area contributed by atoms with E-state index in [0.29, 0.717) is 6.04 Å². The molecule has 2 aromatic rings. The van der Waals surface area contributed by atoms with Crippen molar-refractivity contribution in [3.8, 4) is 0 Å². The Morgan fingerprint density at radius 1 is 1.26 bits per heavy atom. The van der Waals surface area contributed by atoms with Gasteiger partial charge in [0.1, 0.15) is 0 Å². The summed E-state index contributed by atoms with van der Waals surface area (Å²) in [5, 5.41) is 8.03. The first-order chi connectivity index (χ1) is 8.97. The monoisotopic (exact) mass is 321 g/mol. The van der Waals surface area contributed by atoms with Crippen LogP contribution in [0, 0.1) is 13.8 Å². The Morgan fingerprint density at radius 2 is 1.89 bits per heavy atom. The molecule has 0 amide bonds. The molecular formula is C15H20BrN3. The molecule has 0 aliphatic heterocycles. The molecule has 0 radical (unpaired) electrons. The molecule has 102 valence electrons.